The van der Waals surface area contributed by atoms with Crippen molar-refractivity contribution in [1.82, 2.24) is 10.4 Å². The third-order valence-electron chi connectivity index (χ3n) is 8.09. The van der Waals surface area contributed by atoms with E-state index in [0.717, 1.165) is 54.2 Å². The molecule has 1 saturated carbocycles. The van der Waals surface area contributed by atoms with Crippen molar-refractivity contribution >= 4 is 11.5 Å². The Kier molecular flexibility index (Phi) is 6.47. The normalized spacial score (nSPS) is 26.7. The molecule has 1 aromatic rings. The van der Waals surface area contributed by atoms with Crippen LogP contribution in [-0.4, -0.2) is 28.4 Å². The van der Waals surface area contributed by atoms with Crippen molar-refractivity contribution in [3.63, 3.8) is 0 Å². The number of nitrogens with two attached hydrogens (primary N) is 1. The van der Waals surface area contributed by atoms with E-state index in [0.29, 0.717) is 18.1 Å². The number of aliphatic imine (C=N–C) groups is 2. The summed E-state index contributed by atoms with van der Waals surface area (Å²) in [7, 11) is 0. The van der Waals surface area contributed by atoms with Crippen molar-refractivity contribution < 1.29 is 4.74 Å². The molecule has 3 aliphatic heterocycles. The van der Waals surface area contributed by atoms with Gasteiger partial charge in [0, 0.05) is 35.5 Å². The molecule has 0 aromatic heterocycles. The van der Waals surface area contributed by atoms with Crippen molar-refractivity contribution in [3.8, 4) is 0 Å². The van der Waals surface area contributed by atoms with Crippen LogP contribution < -0.4 is 11.2 Å². The van der Waals surface area contributed by atoms with Crippen molar-refractivity contribution in [1.29, 1.82) is 0 Å². The van der Waals surface area contributed by atoms with Gasteiger partial charge in [-0.1, -0.05) is 50.6 Å². The zero-order chi connectivity index (χ0) is 24.6. The molecule has 0 bridgehead atoms. The van der Waals surface area contributed by atoms with Gasteiger partial charge in [-0.2, -0.15) is 0 Å². The first-order valence-electron chi connectivity index (χ1n) is 13.2. The second-order valence-electron chi connectivity index (χ2n) is 10.6. The lowest BCUT2D eigenvalue weighted by Crippen LogP contribution is -2.45. The first kappa shape index (κ1) is 23.7. The molecule has 5 rings (SSSR count). The lowest BCUT2D eigenvalue weighted by molar-refractivity contribution is -0.0568. The van der Waals surface area contributed by atoms with Gasteiger partial charge in [0.15, 0.2) is 0 Å². The Morgan fingerprint density at radius 2 is 1.97 bits per heavy atom. The van der Waals surface area contributed by atoms with Gasteiger partial charge in [0.05, 0.1) is 0 Å². The van der Waals surface area contributed by atoms with Crippen LogP contribution in [0.4, 0.5) is 0 Å². The molecular formula is C29H39N5O. The van der Waals surface area contributed by atoms with E-state index in [2.05, 4.69) is 61.2 Å². The van der Waals surface area contributed by atoms with Crippen LogP contribution in [0.3, 0.4) is 0 Å². The summed E-state index contributed by atoms with van der Waals surface area (Å²) in [6, 6.07) is 8.96. The highest BCUT2D eigenvalue weighted by Gasteiger charge is 2.46. The zero-order valence-electron chi connectivity index (χ0n) is 21.4. The Labute approximate surface area is 209 Å². The van der Waals surface area contributed by atoms with E-state index in [1.165, 1.54) is 36.8 Å². The summed E-state index contributed by atoms with van der Waals surface area (Å²) in [6.07, 6.45) is 11.1. The lowest BCUT2D eigenvalue weighted by Gasteiger charge is -2.44. The molecule has 0 saturated heterocycles. The standard InChI is InChI=1S/C29H39N5O/c1-5-22-9-8-10-23(16-22)13-14-29(24-11-6-7-12-24)18-26(30)25(21(4)35-29)17-27-32-28-31-19(2)15-20(3)34(28)33-27/h8-10,15-16,24,28H,4-7,11-14,17-18,30H2,1-3H3,(H,32,33). The molecule has 6 heteroatoms. The fraction of sp³-hybridized carbons (Fsp3) is 0.517. The van der Waals surface area contributed by atoms with E-state index in [4.69, 9.17) is 15.5 Å². The van der Waals surface area contributed by atoms with Crippen molar-refractivity contribution in [3.05, 3.63) is 70.8 Å². The van der Waals surface area contributed by atoms with E-state index >= 15 is 0 Å². The molecule has 2 unspecified atom stereocenters. The monoisotopic (exact) mass is 473 g/mol. The molecule has 3 heterocycles. The molecule has 0 amide bonds. The van der Waals surface area contributed by atoms with Crippen LogP contribution in [0, 0.1) is 5.92 Å². The fourth-order valence-electron chi connectivity index (χ4n) is 6.17. The van der Waals surface area contributed by atoms with Crippen molar-refractivity contribution in [2.24, 2.45) is 21.6 Å². The Bertz CT molecular complexity index is 1120. The first-order chi connectivity index (χ1) is 16.9. The van der Waals surface area contributed by atoms with Crippen LogP contribution in [0.1, 0.15) is 76.8 Å². The van der Waals surface area contributed by atoms with E-state index in [9.17, 15) is 0 Å². The zero-order valence-corrected chi connectivity index (χ0v) is 21.4. The topological polar surface area (TPSA) is 75.2 Å². The molecule has 0 spiro atoms. The number of hydrazine groups is 1. The number of aryl methyl sites for hydroxylation is 2. The maximum Gasteiger partial charge on any atom is 0.235 e. The average molecular weight is 474 g/mol. The minimum atomic E-state index is -0.271. The van der Waals surface area contributed by atoms with Gasteiger partial charge in [0.2, 0.25) is 6.29 Å². The number of benzene rings is 1. The van der Waals surface area contributed by atoms with E-state index in [1.807, 2.05) is 11.9 Å². The highest BCUT2D eigenvalue weighted by molar-refractivity contribution is 5.95. The van der Waals surface area contributed by atoms with Gasteiger partial charge in [0.1, 0.15) is 17.2 Å². The summed E-state index contributed by atoms with van der Waals surface area (Å²) in [5.41, 5.74) is 16.7. The Hall–Kier alpha value is -3.02. The van der Waals surface area contributed by atoms with Gasteiger partial charge in [-0.05, 0) is 69.1 Å². The predicted octanol–water partition coefficient (Wildman–Crippen LogP) is 5.53. The van der Waals surface area contributed by atoms with E-state index < -0.39 is 0 Å². The Morgan fingerprint density at radius 3 is 2.71 bits per heavy atom. The molecule has 1 aromatic carbocycles. The number of amidine groups is 1. The van der Waals surface area contributed by atoms with E-state index in [-0.39, 0.29) is 11.9 Å². The van der Waals surface area contributed by atoms with E-state index in [1.54, 1.807) is 0 Å². The summed E-state index contributed by atoms with van der Waals surface area (Å²) in [5.74, 6) is 2.09. The predicted molar refractivity (Wildman–Crippen MR) is 143 cm³/mol. The summed E-state index contributed by atoms with van der Waals surface area (Å²) in [6.45, 7) is 10.6. The van der Waals surface area contributed by atoms with Gasteiger partial charge in [0.25, 0.3) is 0 Å². The minimum Gasteiger partial charge on any atom is -0.487 e. The second-order valence-corrected chi connectivity index (χ2v) is 10.6. The van der Waals surface area contributed by atoms with Gasteiger partial charge >= 0.3 is 0 Å². The maximum absolute atomic E-state index is 6.82. The minimum absolute atomic E-state index is 0.244. The number of fused-ring (bicyclic) bond motifs is 1. The molecule has 6 nitrogen and oxygen atoms in total. The van der Waals surface area contributed by atoms with Crippen LogP contribution in [-0.2, 0) is 17.6 Å². The van der Waals surface area contributed by atoms with Crippen LogP contribution in [0.5, 0.6) is 0 Å². The molecule has 186 valence electrons. The summed E-state index contributed by atoms with van der Waals surface area (Å²) < 4.78 is 6.82. The SMILES string of the molecule is C=C1OC(CCc2cccc(CC)c2)(C2CCCC2)CC(N)=C1CC1=NC2N=C(C)C=C(C)N2N1. The van der Waals surface area contributed by atoms with Crippen LogP contribution in [0.15, 0.2) is 69.6 Å². The lowest BCUT2D eigenvalue weighted by atomic mass is 9.75. The summed E-state index contributed by atoms with van der Waals surface area (Å²) >= 11 is 0. The number of hydrogen-bond acceptors (Lipinski definition) is 6. The van der Waals surface area contributed by atoms with Gasteiger partial charge in [-0.25, -0.2) is 15.0 Å². The number of nitrogens with one attached hydrogen (secondary N) is 1. The highest BCUT2D eigenvalue weighted by Crippen LogP contribution is 2.47. The third-order valence-corrected chi connectivity index (χ3v) is 8.09. The smallest absolute Gasteiger partial charge is 0.235 e. The summed E-state index contributed by atoms with van der Waals surface area (Å²) in [5, 5.41) is 2.00. The highest BCUT2D eigenvalue weighted by atomic mass is 16.5. The third kappa shape index (κ3) is 4.75. The van der Waals surface area contributed by atoms with Crippen molar-refractivity contribution in [2.75, 3.05) is 0 Å². The number of rotatable bonds is 7. The molecule has 4 aliphatic rings. The Morgan fingerprint density at radius 1 is 1.20 bits per heavy atom. The molecule has 2 atom stereocenters. The molecule has 35 heavy (non-hydrogen) atoms. The maximum atomic E-state index is 6.82. The summed E-state index contributed by atoms with van der Waals surface area (Å²) in [4.78, 5) is 9.43. The number of nitrogens with zero attached hydrogens (tertiary/aromatic N) is 3. The fourth-order valence-corrected chi connectivity index (χ4v) is 6.17. The van der Waals surface area contributed by atoms with Crippen LogP contribution >= 0.6 is 0 Å². The van der Waals surface area contributed by atoms with Gasteiger partial charge in [-0.15, -0.1) is 0 Å². The van der Waals surface area contributed by atoms with Crippen molar-refractivity contribution in [2.45, 2.75) is 90.4 Å². The second kappa shape index (κ2) is 9.56. The van der Waals surface area contributed by atoms with Gasteiger partial charge < -0.3 is 10.5 Å². The number of allylic oxidation sites excluding steroid dienone is 3. The number of hydrogen-bond donors (Lipinski definition) is 2. The number of ether oxygens (including phenoxy) is 1. The quantitative estimate of drug-likeness (QED) is 0.546. The molecule has 0 radical (unpaired) electrons. The van der Waals surface area contributed by atoms with Gasteiger partial charge in [-0.3, -0.25) is 5.43 Å². The van der Waals surface area contributed by atoms with Crippen LogP contribution in [0.2, 0.25) is 0 Å². The first-order valence-corrected chi connectivity index (χ1v) is 13.2. The molecule has 1 aliphatic carbocycles. The van der Waals surface area contributed by atoms with Crippen LogP contribution in [0.25, 0.3) is 0 Å². The molecule has 1 fully saturated rings. The molecule has 3 N–H and O–H groups in total. The average Bonchev–Trinajstić information content (AvgIpc) is 3.51. The molecular weight excluding hydrogens is 434 g/mol. The largest absolute Gasteiger partial charge is 0.487 e. The Balaban J connectivity index is 1.35.